The van der Waals surface area contributed by atoms with E-state index in [0.717, 1.165) is 24.8 Å². The summed E-state index contributed by atoms with van der Waals surface area (Å²) in [6.07, 6.45) is 7.45. The Labute approximate surface area is 171 Å². The molecule has 28 heavy (non-hydrogen) atoms. The van der Waals surface area contributed by atoms with Crippen LogP contribution in [0.5, 0.6) is 5.75 Å². The molecule has 1 aromatic carbocycles. The normalized spacial score (nSPS) is 11.5. The third-order valence-electron chi connectivity index (χ3n) is 5.46. The lowest BCUT2D eigenvalue weighted by Crippen LogP contribution is -2.42. The number of carbonyl (C=O) groups is 2. The van der Waals surface area contributed by atoms with Gasteiger partial charge in [0.25, 0.3) is 0 Å². The zero-order valence-electron chi connectivity index (χ0n) is 18.4. The molecule has 1 aromatic rings. The van der Waals surface area contributed by atoms with Gasteiger partial charge in [0.15, 0.2) is 5.41 Å². The molecule has 0 radical (unpaired) electrons. The maximum Gasteiger partial charge on any atom is 0.328 e. The van der Waals surface area contributed by atoms with E-state index in [1.807, 2.05) is 45.9 Å². The number of unbranched alkanes of at least 4 members (excludes halogenated alkanes) is 5. The van der Waals surface area contributed by atoms with E-state index in [-0.39, 0.29) is 5.92 Å². The van der Waals surface area contributed by atoms with Crippen molar-refractivity contribution in [3.63, 3.8) is 0 Å². The van der Waals surface area contributed by atoms with E-state index < -0.39 is 17.4 Å². The smallest absolute Gasteiger partial charge is 0.328 e. The second kappa shape index (κ2) is 12.6. The molecule has 0 aliphatic carbocycles. The molecule has 0 amide bonds. The molecule has 158 valence electrons. The van der Waals surface area contributed by atoms with Gasteiger partial charge < -0.3 is 9.47 Å². The van der Waals surface area contributed by atoms with Crippen LogP contribution in [0.4, 0.5) is 0 Å². The van der Waals surface area contributed by atoms with E-state index in [9.17, 15) is 9.59 Å². The maximum absolute atomic E-state index is 13.0. The van der Waals surface area contributed by atoms with Crippen LogP contribution in [0.15, 0.2) is 24.3 Å². The van der Waals surface area contributed by atoms with Crippen LogP contribution in [-0.2, 0) is 14.3 Å². The molecule has 0 atom stereocenters. The highest BCUT2D eigenvalue weighted by Gasteiger charge is 2.46. The quantitative estimate of drug-likeness (QED) is 0.169. The third-order valence-corrected chi connectivity index (χ3v) is 5.46. The number of hydrogen-bond acceptors (Lipinski definition) is 4. The molecule has 0 unspecified atom stereocenters. The van der Waals surface area contributed by atoms with Crippen molar-refractivity contribution < 1.29 is 19.1 Å². The second-order valence-electron chi connectivity index (χ2n) is 7.77. The van der Waals surface area contributed by atoms with Crippen LogP contribution in [0.1, 0.15) is 97.5 Å². The van der Waals surface area contributed by atoms with E-state index in [0.29, 0.717) is 25.2 Å². The van der Waals surface area contributed by atoms with Gasteiger partial charge in [0.05, 0.1) is 6.61 Å². The van der Waals surface area contributed by atoms with Crippen molar-refractivity contribution in [2.24, 2.45) is 5.41 Å². The minimum atomic E-state index is -1.24. The Kier molecular flexibility index (Phi) is 10.9. The van der Waals surface area contributed by atoms with Gasteiger partial charge in [0, 0.05) is 0 Å². The number of ether oxygens (including phenoxy) is 2. The topological polar surface area (TPSA) is 52.6 Å². The standard InChI is InChI=1S/C24H38O4/c1-6-9-10-11-12-15-18-27-22(25)24(7-2,8-3)23(26)28-21-17-14-13-16-20(21)19(4)5/h13-14,16-17,19H,6-12,15,18H2,1-5H3. The van der Waals surface area contributed by atoms with Crippen molar-refractivity contribution in [3.8, 4) is 5.75 Å². The van der Waals surface area contributed by atoms with Crippen molar-refractivity contribution >= 4 is 11.9 Å². The molecular formula is C24H38O4. The number of rotatable bonds is 13. The monoisotopic (exact) mass is 390 g/mol. The van der Waals surface area contributed by atoms with Gasteiger partial charge >= 0.3 is 11.9 Å². The van der Waals surface area contributed by atoms with E-state index in [1.54, 1.807) is 6.07 Å². The maximum atomic E-state index is 13.0. The van der Waals surface area contributed by atoms with Gasteiger partial charge in [-0.1, -0.05) is 84.9 Å². The molecule has 1 rings (SSSR count). The Morgan fingerprint density at radius 2 is 1.50 bits per heavy atom. The molecule has 0 fully saturated rings. The van der Waals surface area contributed by atoms with Crippen LogP contribution in [0, 0.1) is 5.41 Å². The van der Waals surface area contributed by atoms with Crippen LogP contribution >= 0.6 is 0 Å². The van der Waals surface area contributed by atoms with Gasteiger partial charge in [-0.3, -0.25) is 9.59 Å². The molecule has 0 N–H and O–H groups in total. The summed E-state index contributed by atoms with van der Waals surface area (Å²) in [6, 6.07) is 7.49. The molecule has 0 aliphatic heterocycles. The molecule has 0 aliphatic rings. The Morgan fingerprint density at radius 1 is 0.893 bits per heavy atom. The number of hydrogen-bond donors (Lipinski definition) is 0. The zero-order valence-corrected chi connectivity index (χ0v) is 18.4. The molecule has 0 bridgehead atoms. The van der Waals surface area contributed by atoms with E-state index >= 15 is 0 Å². The zero-order chi connectivity index (χ0) is 21.0. The first-order valence-corrected chi connectivity index (χ1v) is 10.9. The highest BCUT2D eigenvalue weighted by molar-refractivity contribution is 6.00. The number of esters is 2. The summed E-state index contributed by atoms with van der Waals surface area (Å²) in [6.45, 7) is 10.3. The van der Waals surface area contributed by atoms with E-state index in [2.05, 4.69) is 6.92 Å². The van der Waals surface area contributed by atoms with Crippen molar-refractivity contribution in [2.75, 3.05) is 6.61 Å². The van der Waals surface area contributed by atoms with Gasteiger partial charge in [-0.15, -0.1) is 0 Å². The first kappa shape index (κ1) is 24.2. The van der Waals surface area contributed by atoms with E-state index in [1.165, 1.54) is 19.3 Å². The lowest BCUT2D eigenvalue weighted by Gasteiger charge is -2.27. The lowest BCUT2D eigenvalue weighted by molar-refractivity contribution is -0.168. The summed E-state index contributed by atoms with van der Waals surface area (Å²) in [4.78, 5) is 25.8. The predicted molar refractivity (Wildman–Crippen MR) is 114 cm³/mol. The highest BCUT2D eigenvalue weighted by Crippen LogP contribution is 2.33. The Balaban J connectivity index is 2.73. The Hall–Kier alpha value is -1.84. The summed E-state index contributed by atoms with van der Waals surface area (Å²) in [5.41, 5.74) is -0.288. The Morgan fingerprint density at radius 3 is 2.11 bits per heavy atom. The number of carbonyl (C=O) groups excluding carboxylic acids is 2. The SMILES string of the molecule is CCCCCCCCOC(=O)C(CC)(CC)C(=O)Oc1ccccc1C(C)C. The van der Waals surface area contributed by atoms with Crippen molar-refractivity contribution in [3.05, 3.63) is 29.8 Å². The second-order valence-corrected chi connectivity index (χ2v) is 7.77. The average Bonchev–Trinajstić information content (AvgIpc) is 2.69. The minimum Gasteiger partial charge on any atom is -0.465 e. The lowest BCUT2D eigenvalue weighted by atomic mass is 9.82. The summed E-state index contributed by atoms with van der Waals surface area (Å²) in [5.74, 6) is -0.226. The van der Waals surface area contributed by atoms with Crippen molar-refractivity contribution in [1.29, 1.82) is 0 Å². The molecular weight excluding hydrogens is 352 g/mol. The Bertz CT molecular complexity index is 602. The summed E-state index contributed by atoms with van der Waals surface area (Å²) in [5, 5.41) is 0. The average molecular weight is 391 g/mol. The van der Waals surface area contributed by atoms with Crippen LogP contribution in [0.25, 0.3) is 0 Å². The summed E-state index contributed by atoms with van der Waals surface area (Å²) in [7, 11) is 0. The van der Waals surface area contributed by atoms with Crippen LogP contribution in [-0.4, -0.2) is 18.5 Å². The number of para-hydroxylation sites is 1. The molecule has 4 nitrogen and oxygen atoms in total. The first-order chi connectivity index (χ1) is 13.4. The van der Waals surface area contributed by atoms with Crippen LogP contribution < -0.4 is 4.74 Å². The molecule has 0 saturated heterocycles. The van der Waals surface area contributed by atoms with Crippen molar-refractivity contribution in [1.82, 2.24) is 0 Å². The summed E-state index contributed by atoms with van der Waals surface area (Å²) >= 11 is 0. The number of benzene rings is 1. The van der Waals surface area contributed by atoms with Crippen LogP contribution in [0.2, 0.25) is 0 Å². The highest BCUT2D eigenvalue weighted by atomic mass is 16.6. The fourth-order valence-corrected chi connectivity index (χ4v) is 3.34. The van der Waals surface area contributed by atoms with E-state index in [4.69, 9.17) is 9.47 Å². The molecule has 4 heteroatoms. The van der Waals surface area contributed by atoms with Gasteiger partial charge in [-0.25, -0.2) is 0 Å². The van der Waals surface area contributed by atoms with Crippen molar-refractivity contribution in [2.45, 2.75) is 91.9 Å². The summed E-state index contributed by atoms with van der Waals surface area (Å²) < 4.78 is 11.2. The van der Waals surface area contributed by atoms with Gasteiger partial charge in [0.2, 0.25) is 0 Å². The molecule has 0 heterocycles. The first-order valence-electron chi connectivity index (χ1n) is 10.9. The van der Waals surface area contributed by atoms with Gasteiger partial charge in [-0.05, 0) is 36.8 Å². The minimum absolute atomic E-state index is 0.223. The van der Waals surface area contributed by atoms with Gasteiger partial charge in [-0.2, -0.15) is 0 Å². The molecule has 0 spiro atoms. The third kappa shape index (κ3) is 6.65. The van der Waals surface area contributed by atoms with Crippen LogP contribution in [0.3, 0.4) is 0 Å². The molecule has 0 saturated carbocycles. The fraction of sp³-hybridized carbons (Fsp3) is 0.667. The largest absolute Gasteiger partial charge is 0.465 e. The van der Waals surface area contributed by atoms with Gasteiger partial charge in [0.1, 0.15) is 5.75 Å². The molecule has 0 aromatic heterocycles. The predicted octanol–water partition coefficient (Wildman–Crippen LogP) is 6.43. The fourth-order valence-electron chi connectivity index (χ4n) is 3.34.